The number of fused-ring (bicyclic) bond motifs is 1. The van der Waals surface area contributed by atoms with Crippen molar-refractivity contribution >= 4 is 34.7 Å². The smallest absolute Gasteiger partial charge is 0.234 e. The Kier molecular flexibility index (Phi) is 6.98. The molecule has 0 aliphatic heterocycles. The number of nitrogens with zero attached hydrogens (tertiary/aromatic N) is 2. The van der Waals surface area contributed by atoms with Crippen LogP contribution in [0.15, 0.2) is 40.7 Å². The molecule has 2 heterocycles. The maximum atomic E-state index is 12.6. The van der Waals surface area contributed by atoms with Crippen molar-refractivity contribution < 1.29 is 14.3 Å². The molecule has 8 heteroatoms. The minimum atomic E-state index is -0.177. The third kappa shape index (κ3) is 4.59. The Morgan fingerprint density at radius 1 is 1.22 bits per heavy atom. The summed E-state index contributed by atoms with van der Waals surface area (Å²) in [5, 5.41) is 15.5. The van der Waals surface area contributed by atoms with Gasteiger partial charge in [-0.05, 0) is 54.8 Å². The van der Waals surface area contributed by atoms with Crippen molar-refractivity contribution in [2.75, 3.05) is 25.3 Å². The van der Waals surface area contributed by atoms with Gasteiger partial charge in [-0.15, -0.1) is 11.3 Å². The summed E-state index contributed by atoms with van der Waals surface area (Å²) < 4.78 is 10.5. The first-order valence-electron chi connectivity index (χ1n) is 10.3. The molecule has 0 saturated carbocycles. The number of nitrogens with one attached hydrogen (secondary N) is 1. The summed E-state index contributed by atoms with van der Waals surface area (Å²) in [7, 11) is 3.12. The van der Waals surface area contributed by atoms with Gasteiger partial charge in [0.15, 0.2) is 11.5 Å². The maximum absolute atomic E-state index is 12.6. The Morgan fingerprint density at radius 2 is 2.03 bits per heavy atom. The fraction of sp³-hybridized carbons (Fsp3) is 0.292. The normalized spacial score (nSPS) is 12.5. The van der Waals surface area contributed by atoms with Gasteiger partial charge >= 0.3 is 0 Å². The van der Waals surface area contributed by atoms with Gasteiger partial charge in [0.1, 0.15) is 11.1 Å². The molecule has 0 spiro atoms. The van der Waals surface area contributed by atoms with Crippen molar-refractivity contribution in [3.63, 3.8) is 0 Å². The second-order valence-corrected chi connectivity index (χ2v) is 9.21. The van der Waals surface area contributed by atoms with Crippen LogP contribution in [0, 0.1) is 11.3 Å². The zero-order valence-corrected chi connectivity index (χ0v) is 19.6. The molecule has 0 fully saturated rings. The molecule has 4 rings (SSSR count). The fourth-order valence-electron chi connectivity index (χ4n) is 3.86. The number of aromatic nitrogens is 1. The van der Waals surface area contributed by atoms with Crippen LogP contribution in [0.25, 0.3) is 10.4 Å². The van der Waals surface area contributed by atoms with Gasteiger partial charge in [-0.2, -0.15) is 5.26 Å². The second-order valence-electron chi connectivity index (χ2n) is 7.30. The Balaban J connectivity index is 1.56. The molecule has 0 bridgehead atoms. The van der Waals surface area contributed by atoms with Crippen molar-refractivity contribution in [1.82, 2.24) is 4.98 Å². The lowest BCUT2D eigenvalue weighted by molar-refractivity contribution is -0.113. The van der Waals surface area contributed by atoms with E-state index < -0.39 is 0 Å². The first-order valence-corrected chi connectivity index (χ1v) is 12.2. The molecule has 0 saturated heterocycles. The first-order chi connectivity index (χ1) is 15.6. The third-order valence-electron chi connectivity index (χ3n) is 5.33. The topological polar surface area (TPSA) is 84.2 Å². The van der Waals surface area contributed by atoms with Crippen LogP contribution in [0.2, 0.25) is 0 Å². The molecule has 164 valence electrons. The predicted molar refractivity (Wildman–Crippen MR) is 128 cm³/mol. The van der Waals surface area contributed by atoms with E-state index in [9.17, 15) is 10.1 Å². The van der Waals surface area contributed by atoms with Crippen molar-refractivity contribution in [2.24, 2.45) is 0 Å². The summed E-state index contributed by atoms with van der Waals surface area (Å²) in [6.07, 6.45) is 4.05. The van der Waals surface area contributed by atoms with Crippen LogP contribution < -0.4 is 14.8 Å². The molecule has 0 radical (unpaired) electrons. The van der Waals surface area contributed by atoms with E-state index in [0.717, 1.165) is 41.8 Å². The molecule has 1 N–H and O–H groups in total. The number of pyridine rings is 1. The van der Waals surface area contributed by atoms with E-state index in [0.29, 0.717) is 27.8 Å². The molecule has 32 heavy (non-hydrogen) atoms. The Hall–Kier alpha value is -3.02. The minimum absolute atomic E-state index is 0.151. The highest BCUT2D eigenvalue weighted by Gasteiger charge is 2.24. The second kappa shape index (κ2) is 10.1. The summed E-state index contributed by atoms with van der Waals surface area (Å²) in [6, 6.07) is 11.6. The number of carbonyl (C=O) groups excluding carboxylic acids is 1. The lowest BCUT2D eigenvalue weighted by Gasteiger charge is -2.21. The molecule has 0 atom stereocenters. The number of amides is 1. The number of carbonyl (C=O) groups is 1. The molecular weight excluding hydrogens is 442 g/mol. The van der Waals surface area contributed by atoms with Crippen LogP contribution in [0.1, 0.15) is 29.7 Å². The summed E-state index contributed by atoms with van der Waals surface area (Å²) in [4.78, 5) is 18.5. The van der Waals surface area contributed by atoms with E-state index in [1.807, 2.05) is 17.5 Å². The van der Waals surface area contributed by atoms with Crippen molar-refractivity contribution in [2.45, 2.75) is 30.7 Å². The summed E-state index contributed by atoms with van der Waals surface area (Å²) in [6.45, 7) is 0. The lowest BCUT2D eigenvalue weighted by Crippen LogP contribution is -2.15. The number of methoxy groups -OCH3 is 2. The molecule has 1 aliphatic rings. The zero-order chi connectivity index (χ0) is 22.5. The molecule has 1 aromatic carbocycles. The van der Waals surface area contributed by atoms with Crippen molar-refractivity contribution in [1.29, 1.82) is 5.26 Å². The van der Waals surface area contributed by atoms with Gasteiger partial charge in [0.05, 0.1) is 25.5 Å². The number of hydrogen-bond acceptors (Lipinski definition) is 7. The Morgan fingerprint density at radius 3 is 2.75 bits per heavy atom. The van der Waals surface area contributed by atoms with Crippen LogP contribution in [-0.4, -0.2) is 30.9 Å². The van der Waals surface area contributed by atoms with E-state index in [1.165, 1.54) is 17.3 Å². The predicted octanol–water partition coefficient (Wildman–Crippen LogP) is 5.31. The minimum Gasteiger partial charge on any atom is -0.493 e. The molecule has 1 aliphatic carbocycles. The molecular formula is C24H23N3O3S2. The van der Waals surface area contributed by atoms with Gasteiger partial charge in [0.2, 0.25) is 5.91 Å². The Bertz CT molecular complexity index is 1170. The fourth-order valence-corrected chi connectivity index (χ4v) is 5.47. The van der Waals surface area contributed by atoms with E-state index in [1.54, 1.807) is 43.8 Å². The van der Waals surface area contributed by atoms with Crippen LogP contribution in [-0.2, 0) is 17.6 Å². The average Bonchev–Trinajstić information content (AvgIpc) is 3.36. The number of hydrogen-bond donors (Lipinski definition) is 1. The van der Waals surface area contributed by atoms with Gasteiger partial charge in [-0.3, -0.25) is 4.79 Å². The highest BCUT2D eigenvalue weighted by atomic mass is 32.2. The first kappa shape index (κ1) is 22.2. The molecule has 2 aromatic heterocycles. The van der Waals surface area contributed by atoms with Crippen molar-refractivity contribution in [3.8, 4) is 28.0 Å². The quantitative estimate of drug-likeness (QED) is 0.476. The van der Waals surface area contributed by atoms with Gasteiger partial charge in [-0.1, -0.05) is 17.8 Å². The average molecular weight is 466 g/mol. The SMILES string of the molecule is COc1ccc(NC(=O)CSc2nc3c(c(-c4cccs4)c2C#N)CCCC3)cc1OC. The number of ether oxygens (including phenoxy) is 2. The Labute approximate surface area is 195 Å². The van der Waals surface area contributed by atoms with Gasteiger partial charge in [0, 0.05) is 27.9 Å². The number of thioether (sulfide) groups is 1. The lowest BCUT2D eigenvalue weighted by atomic mass is 9.89. The van der Waals surface area contributed by atoms with Crippen LogP contribution >= 0.6 is 23.1 Å². The molecule has 0 unspecified atom stereocenters. The molecule has 6 nitrogen and oxygen atoms in total. The molecule has 3 aromatic rings. The van der Waals surface area contributed by atoms with Crippen LogP contribution in [0.4, 0.5) is 5.69 Å². The van der Waals surface area contributed by atoms with Gasteiger partial charge < -0.3 is 14.8 Å². The number of aryl methyl sites for hydroxylation is 1. The standard InChI is InChI=1S/C24H23N3O3S2/c1-29-19-10-9-15(12-20(19)30-2)26-22(28)14-32-24-17(13-25)23(21-8-5-11-31-21)16-6-3-4-7-18(16)27-24/h5,8-12H,3-4,6-7,14H2,1-2H3,(H,26,28). The van der Waals surface area contributed by atoms with Crippen molar-refractivity contribution in [3.05, 3.63) is 52.5 Å². The van der Waals surface area contributed by atoms with Gasteiger partial charge in [0.25, 0.3) is 0 Å². The number of benzene rings is 1. The van der Waals surface area contributed by atoms with E-state index in [4.69, 9.17) is 14.5 Å². The number of rotatable bonds is 7. The summed E-state index contributed by atoms with van der Waals surface area (Å²) in [5.74, 6) is 1.11. The number of thiophene rings is 1. The van der Waals surface area contributed by atoms with E-state index in [-0.39, 0.29) is 11.7 Å². The highest BCUT2D eigenvalue weighted by molar-refractivity contribution is 8.00. The number of anilines is 1. The summed E-state index contributed by atoms with van der Waals surface area (Å²) >= 11 is 2.93. The van der Waals surface area contributed by atoms with Gasteiger partial charge in [-0.25, -0.2) is 4.98 Å². The van der Waals surface area contributed by atoms with Crippen LogP contribution in [0.5, 0.6) is 11.5 Å². The maximum Gasteiger partial charge on any atom is 0.234 e. The van der Waals surface area contributed by atoms with E-state index >= 15 is 0 Å². The number of nitriles is 1. The van der Waals surface area contributed by atoms with E-state index in [2.05, 4.69) is 11.4 Å². The molecule has 1 amide bonds. The largest absolute Gasteiger partial charge is 0.493 e. The van der Waals surface area contributed by atoms with Crippen LogP contribution in [0.3, 0.4) is 0 Å². The summed E-state index contributed by atoms with van der Waals surface area (Å²) in [5.41, 5.74) is 4.43. The third-order valence-corrected chi connectivity index (χ3v) is 7.19. The highest BCUT2D eigenvalue weighted by Crippen LogP contribution is 2.39. The monoisotopic (exact) mass is 465 g/mol. The zero-order valence-electron chi connectivity index (χ0n) is 17.9.